The lowest BCUT2D eigenvalue weighted by molar-refractivity contribution is -0.119. The summed E-state index contributed by atoms with van der Waals surface area (Å²) in [5.74, 6) is -0.185. The monoisotopic (exact) mass is 388 g/mol. The fourth-order valence-electron chi connectivity index (χ4n) is 2.61. The van der Waals surface area contributed by atoms with E-state index in [0.717, 1.165) is 30.0 Å². The Morgan fingerprint density at radius 1 is 1.26 bits per heavy atom. The maximum absolute atomic E-state index is 11.9. The molecule has 0 aliphatic carbocycles. The number of nitrogens with zero attached hydrogens (tertiary/aromatic N) is 2. The highest BCUT2D eigenvalue weighted by molar-refractivity contribution is 6.31. The lowest BCUT2D eigenvalue weighted by Gasteiger charge is -2.21. The van der Waals surface area contributed by atoms with Gasteiger partial charge in [0.2, 0.25) is 0 Å². The topological polar surface area (TPSA) is 77.0 Å². The third kappa shape index (κ3) is 5.62. The van der Waals surface area contributed by atoms with Gasteiger partial charge in [0.05, 0.1) is 12.8 Å². The second-order valence-corrected chi connectivity index (χ2v) is 6.38. The van der Waals surface area contributed by atoms with Gasteiger partial charge in [0.1, 0.15) is 5.75 Å². The number of halogens is 1. The molecule has 144 valence electrons. The molecule has 2 aromatic rings. The fraction of sp³-hybridized carbons (Fsp3) is 0.300. The zero-order chi connectivity index (χ0) is 19.8. The summed E-state index contributed by atoms with van der Waals surface area (Å²) < 4.78 is 0. The van der Waals surface area contributed by atoms with Gasteiger partial charge in [-0.25, -0.2) is 5.43 Å². The molecule has 0 aliphatic rings. The van der Waals surface area contributed by atoms with Crippen LogP contribution >= 0.6 is 11.6 Å². The SMILES string of the molecule is CCN(CC)c1ccc(C=NNC(=O)CNc2cccc(Cl)c2C)c(O)c1. The second-order valence-electron chi connectivity index (χ2n) is 5.97. The number of phenols is 1. The highest BCUT2D eigenvalue weighted by atomic mass is 35.5. The quantitative estimate of drug-likeness (QED) is 0.475. The molecular weight excluding hydrogens is 364 g/mol. The molecule has 0 atom stereocenters. The average Bonchev–Trinajstić information content (AvgIpc) is 2.65. The van der Waals surface area contributed by atoms with E-state index in [-0.39, 0.29) is 18.2 Å². The minimum absolute atomic E-state index is 0.0609. The summed E-state index contributed by atoms with van der Waals surface area (Å²) in [6, 6.07) is 10.8. The van der Waals surface area contributed by atoms with E-state index in [9.17, 15) is 9.90 Å². The highest BCUT2D eigenvalue weighted by Crippen LogP contribution is 2.24. The van der Waals surface area contributed by atoms with Gasteiger partial charge in [-0.3, -0.25) is 4.79 Å². The number of benzene rings is 2. The van der Waals surface area contributed by atoms with Crippen LogP contribution in [0.5, 0.6) is 5.75 Å². The van der Waals surface area contributed by atoms with E-state index in [4.69, 9.17) is 11.6 Å². The van der Waals surface area contributed by atoms with Gasteiger partial charge in [-0.15, -0.1) is 0 Å². The number of anilines is 2. The van der Waals surface area contributed by atoms with Crippen LogP contribution in [0, 0.1) is 6.92 Å². The van der Waals surface area contributed by atoms with Crippen LogP contribution in [-0.2, 0) is 4.79 Å². The highest BCUT2D eigenvalue weighted by Gasteiger charge is 2.06. The minimum atomic E-state index is -0.301. The van der Waals surface area contributed by atoms with E-state index in [2.05, 4.69) is 34.6 Å². The molecule has 0 heterocycles. The first-order valence-corrected chi connectivity index (χ1v) is 9.22. The Bertz CT molecular complexity index is 820. The molecule has 0 aliphatic heterocycles. The molecule has 2 aromatic carbocycles. The maximum Gasteiger partial charge on any atom is 0.259 e. The lowest BCUT2D eigenvalue weighted by Crippen LogP contribution is -2.26. The van der Waals surface area contributed by atoms with Crippen molar-refractivity contribution in [2.45, 2.75) is 20.8 Å². The van der Waals surface area contributed by atoms with Crippen LogP contribution in [-0.4, -0.2) is 36.9 Å². The van der Waals surface area contributed by atoms with Crippen molar-refractivity contribution < 1.29 is 9.90 Å². The van der Waals surface area contributed by atoms with Crippen LogP contribution in [0.25, 0.3) is 0 Å². The van der Waals surface area contributed by atoms with E-state index >= 15 is 0 Å². The lowest BCUT2D eigenvalue weighted by atomic mass is 10.2. The van der Waals surface area contributed by atoms with Gasteiger partial charge in [-0.1, -0.05) is 17.7 Å². The Labute approximate surface area is 164 Å². The number of rotatable bonds is 8. The number of hydrazone groups is 1. The van der Waals surface area contributed by atoms with E-state index in [1.165, 1.54) is 6.21 Å². The summed E-state index contributed by atoms with van der Waals surface area (Å²) in [7, 11) is 0. The summed E-state index contributed by atoms with van der Waals surface area (Å²) in [6.07, 6.45) is 1.42. The summed E-state index contributed by atoms with van der Waals surface area (Å²) in [5.41, 5.74) is 5.59. The van der Waals surface area contributed by atoms with Crippen molar-refractivity contribution in [3.05, 3.63) is 52.5 Å². The van der Waals surface area contributed by atoms with Crippen molar-refractivity contribution in [2.24, 2.45) is 5.10 Å². The van der Waals surface area contributed by atoms with Crippen molar-refractivity contribution in [3.8, 4) is 5.75 Å². The zero-order valence-corrected chi connectivity index (χ0v) is 16.5. The molecule has 7 heteroatoms. The molecule has 0 saturated carbocycles. The van der Waals surface area contributed by atoms with Gasteiger partial charge < -0.3 is 15.3 Å². The zero-order valence-electron chi connectivity index (χ0n) is 15.8. The summed E-state index contributed by atoms with van der Waals surface area (Å²) in [5, 5.41) is 17.7. The van der Waals surface area contributed by atoms with Crippen LogP contribution in [0.2, 0.25) is 5.02 Å². The molecule has 3 N–H and O–H groups in total. The molecule has 0 aromatic heterocycles. The van der Waals surface area contributed by atoms with Crippen LogP contribution in [0.15, 0.2) is 41.5 Å². The smallest absolute Gasteiger partial charge is 0.259 e. The van der Waals surface area contributed by atoms with Crippen LogP contribution in [0.1, 0.15) is 25.0 Å². The fourth-order valence-corrected chi connectivity index (χ4v) is 2.79. The van der Waals surface area contributed by atoms with Gasteiger partial charge in [0, 0.05) is 41.1 Å². The number of carbonyl (C=O) groups is 1. The predicted octanol–water partition coefficient (Wildman–Crippen LogP) is 3.76. The Kier molecular flexibility index (Phi) is 7.49. The first-order valence-electron chi connectivity index (χ1n) is 8.85. The number of hydrogen-bond acceptors (Lipinski definition) is 5. The van der Waals surface area contributed by atoms with E-state index in [0.29, 0.717) is 10.6 Å². The number of hydrogen-bond donors (Lipinski definition) is 3. The molecule has 27 heavy (non-hydrogen) atoms. The van der Waals surface area contributed by atoms with Crippen molar-refractivity contribution >= 4 is 35.1 Å². The van der Waals surface area contributed by atoms with Gasteiger partial charge in [-0.05, 0) is 50.6 Å². The molecule has 2 rings (SSSR count). The molecular formula is C20H25ClN4O2. The third-order valence-electron chi connectivity index (χ3n) is 4.24. The molecule has 6 nitrogen and oxygen atoms in total. The van der Waals surface area contributed by atoms with Crippen molar-refractivity contribution in [1.82, 2.24) is 5.43 Å². The third-order valence-corrected chi connectivity index (χ3v) is 4.65. The Morgan fingerprint density at radius 2 is 2.00 bits per heavy atom. The number of carbonyl (C=O) groups excluding carboxylic acids is 1. The molecule has 0 spiro atoms. The average molecular weight is 389 g/mol. The number of nitrogens with one attached hydrogen (secondary N) is 2. The summed E-state index contributed by atoms with van der Waals surface area (Å²) in [6.45, 7) is 7.78. The van der Waals surface area contributed by atoms with Crippen molar-refractivity contribution in [3.63, 3.8) is 0 Å². The molecule has 0 radical (unpaired) electrons. The maximum atomic E-state index is 11.9. The van der Waals surface area contributed by atoms with Crippen molar-refractivity contribution in [2.75, 3.05) is 29.9 Å². The van der Waals surface area contributed by atoms with Crippen LogP contribution in [0.4, 0.5) is 11.4 Å². The largest absolute Gasteiger partial charge is 0.507 e. The molecule has 1 amide bonds. The normalized spacial score (nSPS) is 10.8. The number of amides is 1. The Morgan fingerprint density at radius 3 is 2.67 bits per heavy atom. The van der Waals surface area contributed by atoms with Gasteiger partial charge >= 0.3 is 0 Å². The Balaban J connectivity index is 1.91. The predicted molar refractivity (Wildman–Crippen MR) is 112 cm³/mol. The summed E-state index contributed by atoms with van der Waals surface area (Å²) >= 11 is 6.05. The standard InChI is InChI=1S/C20H25ClN4O2/c1-4-25(5-2)16-10-9-15(19(26)11-16)12-23-24-20(27)13-22-18-8-6-7-17(21)14(18)3/h6-12,22,26H,4-5,13H2,1-3H3,(H,24,27). The molecule has 0 fully saturated rings. The van der Waals surface area contributed by atoms with Gasteiger partial charge in [-0.2, -0.15) is 5.10 Å². The van der Waals surface area contributed by atoms with Crippen molar-refractivity contribution in [1.29, 1.82) is 0 Å². The Hall–Kier alpha value is -2.73. The second kappa shape index (κ2) is 9.83. The molecule has 0 bridgehead atoms. The first kappa shape index (κ1) is 20.6. The minimum Gasteiger partial charge on any atom is -0.507 e. The van der Waals surface area contributed by atoms with Gasteiger partial charge in [0.15, 0.2) is 0 Å². The number of aromatic hydroxyl groups is 1. The van der Waals surface area contributed by atoms with E-state index in [1.54, 1.807) is 18.2 Å². The molecule has 0 saturated heterocycles. The van der Waals surface area contributed by atoms with Gasteiger partial charge in [0.25, 0.3) is 5.91 Å². The van der Waals surface area contributed by atoms with E-state index in [1.807, 2.05) is 25.1 Å². The van der Waals surface area contributed by atoms with E-state index < -0.39 is 0 Å². The van der Waals surface area contributed by atoms with Crippen LogP contribution < -0.4 is 15.6 Å². The first-order chi connectivity index (χ1) is 13.0. The molecule has 0 unspecified atom stereocenters. The van der Waals surface area contributed by atoms with Crippen LogP contribution in [0.3, 0.4) is 0 Å². The summed E-state index contributed by atoms with van der Waals surface area (Å²) in [4.78, 5) is 14.1. The number of phenolic OH excluding ortho intramolecular Hbond substituents is 1.